The van der Waals surface area contributed by atoms with E-state index in [0.29, 0.717) is 18.8 Å². The van der Waals surface area contributed by atoms with Crippen molar-refractivity contribution < 1.29 is 19.4 Å². The van der Waals surface area contributed by atoms with E-state index in [-0.39, 0.29) is 24.7 Å². The van der Waals surface area contributed by atoms with Gasteiger partial charge in [0.1, 0.15) is 11.8 Å². The first-order valence-corrected chi connectivity index (χ1v) is 6.73. The second-order valence-corrected chi connectivity index (χ2v) is 4.84. The minimum Gasteiger partial charge on any atom is -0.494 e. The molecule has 0 fully saturated rings. The fourth-order valence-electron chi connectivity index (χ4n) is 1.84. The standard InChI is InChI=1S/C15H23NO4/c1-11(2)16-14(15(18)19-3)7-8-20-13-6-4-5-12(9-13)10-17/h4-6,9,11,14,16-17H,7-8,10H2,1-3H3. The van der Waals surface area contributed by atoms with Crippen molar-refractivity contribution >= 4 is 5.97 Å². The van der Waals surface area contributed by atoms with Crippen molar-refractivity contribution in [2.75, 3.05) is 13.7 Å². The lowest BCUT2D eigenvalue weighted by Crippen LogP contribution is -2.42. The molecule has 0 bridgehead atoms. The van der Waals surface area contributed by atoms with E-state index in [9.17, 15) is 4.79 Å². The molecule has 0 heterocycles. The molecule has 112 valence electrons. The predicted octanol–water partition coefficient (Wildman–Crippen LogP) is 1.49. The van der Waals surface area contributed by atoms with Crippen LogP contribution in [-0.4, -0.2) is 36.9 Å². The highest BCUT2D eigenvalue weighted by atomic mass is 16.5. The average Bonchev–Trinajstić information content (AvgIpc) is 2.45. The molecular weight excluding hydrogens is 258 g/mol. The van der Waals surface area contributed by atoms with E-state index in [2.05, 4.69) is 5.32 Å². The second-order valence-electron chi connectivity index (χ2n) is 4.84. The number of carbonyl (C=O) groups is 1. The molecule has 0 spiro atoms. The van der Waals surface area contributed by atoms with Crippen LogP contribution in [0, 0.1) is 0 Å². The Morgan fingerprint density at radius 1 is 1.40 bits per heavy atom. The van der Waals surface area contributed by atoms with Crippen LogP contribution in [0.25, 0.3) is 0 Å². The third-order valence-corrected chi connectivity index (χ3v) is 2.78. The Morgan fingerprint density at radius 3 is 2.75 bits per heavy atom. The number of nitrogens with one attached hydrogen (secondary N) is 1. The maximum Gasteiger partial charge on any atom is 0.322 e. The Balaban J connectivity index is 2.48. The van der Waals surface area contributed by atoms with E-state index in [4.69, 9.17) is 14.6 Å². The minimum atomic E-state index is -0.374. The molecule has 1 aromatic rings. The summed E-state index contributed by atoms with van der Waals surface area (Å²) in [6.45, 7) is 4.33. The van der Waals surface area contributed by atoms with E-state index in [1.54, 1.807) is 6.07 Å². The van der Waals surface area contributed by atoms with Gasteiger partial charge in [0, 0.05) is 12.5 Å². The Labute approximate surface area is 119 Å². The maximum atomic E-state index is 11.6. The predicted molar refractivity (Wildman–Crippen MR) is 76.6 cm³/mol. The summed E-state index contributed by atoms with van der Waals surface area (Å²) in [6.07, 6.45) is 0.522. The van der Waals surface area contributed by atoms with Crippen molar-refractivity contribution in [1.82, 2.24) is 5.32 Å². The van der Waals surface area contributed by atoms with Crippen molar-refractivity contribution in [3.05, 3.63) is 29.8 Å². The number of aliphatic hydroxyl groups is 1. The molecule has 0 aliphatic heterocycles. The quantitative estimate of drug-likeness (QED) is 0.707. The summed E-state index contributed by atoms with van der Waals surface area (Å²) in [6, 6.07) is 7.07. The number of carbonyl (C=O) groups excluding carboxylic acids is 1. The van der Waals surface area contributed by atoms with Gasteiger partial charge in [-0.3, -0.25) is 4.79 Å². The molecule has 1 atom stereocenters. The molecule has 1 rings (SSSR count). The van der Waals surface area contributed by atoms with Crippen molar-refractivity contribution in [2.45, 2.75) is 39.0 Å². The van der Waals surface area contributed by atoms with Gasteiger partial charge in [0.25, 0.3) is 0 Å². The smallest absolute Gasteiger partial charge is 0.322 e. The van der Waals surface area contributed by atoms with E-state index in [1.807, 2.05) is 32.0 Å². The molecule has 0 saturated carbocycles. The lowest BCUT2D eigenvalue weighted by atomic mass is 10.2. The van der Waals surface area contributed by atoms with Gasteiger partial charge in [0.15, 0.2) is 0 Å². The van der Waals surface area contributed by atoms with Gasteiger partial charge in [-0.05, 0) is 17.7 Å². The number of aliphatic hydroxyl groups excluding tert-OH is 1. The van der Waals surface area contributed by atoms with Crippen LogP contribution in [0.1, 0.15) is 25.8 Å². The van der Waals surface area contributed by atoms with Crippen molar-refractivity contribution in [3.8, 4) is 5.75 Å². The number of esters is 1. The van der Waals surface area contributed by atoms with Crippen LogP contribution in [0.2, 0.25) is 0 Å². The number of methoxy groups -OCH3 is 1. The molecule has 1 unspecified atom stereocenters. The third-order valence-electron chi connectivity index (χ3n) is 2.78. The normalized spacial score (nSPS) is 12.2. The lowest BCUT2D eigenvalue weighted by Gasteiger charge is -2.19. The number of benzene rings is 1. The van der Waals surface area contributed by atoms with Crippen LogP contribution >= 0.6 is 0 Å². The highest BCUT2D eigenvalue weighted by Gasteiger charge is 2.19. The molecule has 1 aromatic carbocycles. The largest absolute Gasteiger partial charge is 0.494 e. The average molecular weight is 281 g/mol. The highest BCUT2D eigenvalue weighted by Crippen LogP contribution is 2.13. The van der Waals surface area contributed by atoms with Gasteiger partial charge in [-0.2, -0.15) is 0 Å². The van der Waals surface area contributed by atoms with E-state index in [1.165, 1.54) is 7.11 Å². The van der Waals surface area contributed by atoms with Crippen LogP contribution in [0.15, 0.2) is 24.3 Å². The van der Waals surface area contributed by atoms with Gasteiger partial charge in [0.05, 0.1) is 20.3 Å². The fourth-order valence-corrected chi connectivity index (χ4v) is 1.84. The molecule has 0 amide bonds. The van der Waals surface area contributed by atoms with Gasteiger partial charge >= 0.3 is 5.97 Å². The van der Waals surface area contributed by atoms with Crippen molar-refractivity contribution in [2.24, 2.45) is 0 Å². The molecule has 0 radical (unpaired) electrons. The molecule has 0 aliphatic carbocycles. The highest BCUT2D eigenvalue weighted by molar-refractivity contribution is 5.75. The zero-order chi connectivity index (χ0) is 15.0. The Kier molecular flexibility index (Phi) is 7.04. The van der Waals surface area contributed by atoms with Gasteiger partial charge < -0.3 is 19.9 Å². The summed E-state index contributed by atoms with van der Waals surface area (Å²) in [5.74, 6) is 0.399. The van der Waals surface area contributed by atoms with Gasteiger partial charge in [0.2, 0.25) is 0 Å². The zero-order valence-corrected chi connectivity index (χ0v) is 12.3. The summed E-state index contributed by atoms with van der Waals surface area (Å²) in [4.78, 5) is 11.6. The fraction of sp³-hybridized carbons (Fsp3) is 0.533. The number of ether oxygens (including phenoxy) is 2. The number of rotatable bonds is 8. The number of hydrogen-bond donors (Lipinski definition) is 2. The molecule has 0 aromatic heterocycles. The van der Waals surface area contributed by atoms with Crippen LogP contribution in [0.3, 0.4) is 0 Å². The molecule has 5 heteroatoms. The van der Waals surface area contributed by atoms with Crippen LogP contribution in [0.4, 0.5) is 0 Å². The molecular formula is C15H23NO4. The third kappa shape index (κ3) is 5.59. The zero-order valence-electron chi connectivity index (χ0n) is 12.3. The molecule has 20 heavy (non-hydrogen) atoms. The maximum absolute atomic E-state index is 11.6. The van der Waals surface area contributed by atoms with E-state index in [0.717, 1.165) is 5.56 Å². The summed E-state index contributed by atoms with van der Waals surface area (Å²) in [5.41, 5.74) is 0.798. The first-order chi connectivity index (χ1) is 9.56. The first-order valence-electron chi connectivity index (χ1n) is 6.73. The minimum absolute atomic E-state index is 0.0170. The van der Waals surface area contributed by atoms with Crippen molar-refractivity contribution in [3.63, 3.8) is 0 Å². The van der Waals surface area contributed by atoms with Crippen molar-refractivity contribution in [1.29, 1.82) is 0 Å². The van der Waals surface area contributed by atoms with E-state index < -0.39 is 0 Å². The molecule has 0 aliphatic rings. The van der Waals surface area contributed by atoms with Crippen LogP contribution in [-0.2, 0) is 16.1 Å². The van der Waals surface area contributed by atoms with Gasteiger partial charge in [-0.15, -0.1) is 0 Å². The van der Waals surface area contributed by atoms with Crippen LogP contribution < -0.4 is 10.1 Å². The SMILES string of the molecule is COC(=O)C(CCOc1cccc(CO)c1)NC(C)C. The molecule has 5 nitrogen and oxygen atoms in total. The molecule has 2 N–H and O–H groups in total. The summed E-state index contributed by atoms with van der Waals surface area (Å²) in [5, 5.41) is 12.2. The van der Waals surface area contributed by atoms with Gasteiger partial charge in [-0.1, -0.05) is 26.0 Å². The van der Waals surface area contributed by atoms with Gasteiger partial charge in [-0.25, -0.2) is 0 Å². The Morgan fingerprint density at radius 2 is 2.15 bits per heavy atom. The summed E-state index contributed by atoms with van der Waals surface area (Å²) in [7, 11) is 1.38. The summed E-state index contributed by atoms with van der Waals surface area (Å²) >= 11 is 0. The van der Waals surface area contributed by atoms with E-state index >= 15 is 0 Å². The summed E-state index contributed by atoms with van der Waals surface area (Å²) < 4.78 is 10.4. The Bertz CT molecular complexity index is 420. The van der Waals surface area contributed by atoms with Crippen LogP contribution in [0.5, 0.6) is 5.75 Å². The second kappa shape index (κ2) is 8.55. The topological polar surface area (TPSA) is 67.8 Å². The lowest BCUT2D eigenvalue weighted by molar-refractivity contribution is -0.143. The monoisotopic (exact) mass is 281 g/mol. The molecule has 0 saturated heterocycles. The number of hydrogen-bond acceptors (Lipinski definition) is 5. The first kappa shape index (κ1) is 16.5. The Hall–Kier alpha value is -1.59.